The van der Waals surface area contributed by atoms with Crippen molar-refractivity contribution in [2.75, 3.05) is 0 Å². The zero-order valence-corrected chi connectivity index (χ0v) is 29.7. The first-order chi connectivity index (χ1) is 16.0. The monoisotopic (exact) mass is 692 g/mol. The van der Waals surface area contributed by atoms with Crippen molar-refractivity contribution in [2.24, 2.45) is 0 Å². The third-order valence-corrected chi connectivity index (χ3v) is 41.3. The molecule has 1 atom stereocenters. The summed E-state index contributed by atoms with van der Waals surface area (Å²) in [5.74, 6) is 0. The Balaban J connectivity index is 3.59. The van der Waals surface area contributed by atoms with E-state index in [2.05, 4.69) is 53.8 Å². The van der Waals surface area contributed by atoms with E-state index >= 15 is 0 Å². The molecule has 0 radical (unpaired) electrons. The van der Waals surface area contributed by atoms with Gasteiger partial charge in [-0.2, -0.15) is 0 Å². The quantitative estimate of drug-likeness (QED) is 0.110. The molecular weight excluding hydrogens is 634 g/mol. The van der Waals surface area contributed by atoms with Gasteiger partial charge in [0.1, 0.15) is 0 Å². The van der Waals surface area contributed by atoms with Gasteiger partial charge in [0.25, 0.3) is 0 Å². The molecule has 0 amide bonds. The zero-order valence-electron chi connectivity index (χ0n) is 23.1. The molecule has 0 N–H and O–H groups in total. The van der Waals surface area contributed by atoms with Gasteiger partial charge < -0.3 is 0 Å². The molecule has 0 bridgehead atoms. The van der Waals surface area contributed by atoms with Crippen LogP contribution in [0.3, 0.4) is 0 Å². The van der Waals surface area contributed by atoms with Gasteiger partial charge in [-0.15, -0.1) is 0 Å². The molecule has 2 nitrogen and oxygen atoms in total. The van der Waals surface area contributed by atoms with E-state index in [1.807, 2.05) is 0 Å². The number of nitrogens with zero attached hydrogens (tertiary/aromatic N) is 2. The predicted octanol–water partition coefficient (Wildman–Crippen LogP) is 8.43. The summed E-state index contributed by atoms with van der Waals surface area (Å²) >= 11 is -0.0276. The Labute approximate surface area is 221 Å². The summed E-state index contributed by atoms with van der Waals surface area (Å²) in [4.78, 5) is 10.9. The van der Waals surface area contributed by atoms with E-state index in [4.69, 9.17) is 22.6 Å². The van der Waals surface area contributed by atoms with Gasteiger partial charge >= 0.3 is 223 Å². The molecule has 0 fully saturated rings. The molecule has 0 saturated carbocycles. The number of hydrogen-bond acceptors (Lipinski definition) is 3. The summed E-state index contributed by atoms with van der Waals surface area (Å²) in [5.41, 5.74) is 0. The topological polar surface area (TPSA) is 25.8 Å². The Morgan fingerprint density at radius 1 is 0.697 bits per heavy atom. The number of hydrogen-bond donors (Lipinski definition) is 1. The molecule has 0 spiro atoms. The van der Waals surface area contributed by atoms with Crippen LogP contribution in [0.1, 0.15) is 119 Å². The molecule has 1 aromatic rings. The first-order valence-corrected chi connectivity index (χ1v) is 29.6. The van der Waals surface area contributed by atoms with E-state index in [0.29, 0.717) is 3.27 Å². The standard InChI is InChI=1S/C4H2N2.C4H9S.5C4H9.2Sn/c1-2-5-4-6-3-1;1-2-3-4-5;5*1-3-4-2;;/h1-2H;4-5H,2-3H2,1H3;5*1,3-4H2,2H3;;. The van der Waals surface area contributed by atoms with Crippen molar-refractivity contribution >= 4 is 56.9 Å². The van der Waals surface area contributed by atoms with Crippen molar-refractivity contribution in [3.63, 3.8) is 0 Å². The Morgan fingerprint density at radius 2 is 1.15 bits per heavy atom. The van der Waals surface area contributed by atoms with Crippen molar-refractivity contribution in [2.45, 2.75) is 144 Å². The molecular formula is C28H56N2SSn2. The molecule has 1 rings (SSSR count). The van der Waals surface area contributed by atoms with Gasteiger partial charge in [0, 0.05) is 0 Å². The van der Waals surface area contributed by atoms with E-state index in [9.17, 15) is 0 Å². The molecule has 1 unspecified atom stereocenters. The summed E-state index contributed by atoms with van der Waals surface area (Å²) in [7, 11) is 0. The fraction of sp³-hybridized carbons (Fsp3) is 0.857. The average molecular weight is 690 g/mol. The van der Waals surface area contributed by atoms with Gasteiger partial charge in [-0.25, -0.2) is 0 Å². The van der Waals surface area contributed by atoms with Crippen LogP contribution in [0.15, 0.2) is 12.3 Å². The number of rotatable bonds is 20. The summed E-state index contributed by atoms with van der Waals surface area (Å²) in [6.07, 6.45) is 18.1. The SMILES string of the molecule is CCC[CH2][Sn]([CH2]CCC)([CH2]CCC)[c]1ccn[c]([Sn]([CH2]CCC)([CH2]CCC)[CH](S)CCC)n1. The molecule has 1 aromatic heterocycles. The molecule has 0 aliphatic carbocycles. The van der Waals surface area contributed by atoms with E-state index in [1.165, 1.54) is 103 Å². The summed E-state index contributed by atoms with van der Waals surface area (Å²) in [6, 6.07) is 2.39. The fourth-order valence-electron chi connectivity index (χ4n) is 5.56. The second kappa shape index (κ2) is 18.3. The molecule has 0 saturated heterocycles. The Hall–Kier alpha value is 1.03. The first kappa shape index (κ1) is 32.1. The fourth-order valence-corrected chi connectivity index (χ4v) is 39.3. The minimum absolute atomic E-state index is 0.559. The molecule has 192 valence electrons. The van der Waals surface area contributed by atoms with Crippen molar-refractivity contribution in [1.82, 2.24) is 9.97 Å². The van der Waals surface area contributed by atoms with E-state index < -0.39 is 36.8 Å². The Morgan fingerprint density at radius 3 is 1.58 bits per heavy atom. The number of thiol groups is 1. The maximum atomic E-state index is 5.71. The predicted molar refractivity (Wildman–Crippen MR) is 159 cm³/mol. The average Bonchev–Trinajstić information content (AvgIpc) is 2.84. The van der Waals surface area contributed by atoms with Crippen LogP contribution in [0.2, 0.25) is 22.2 Å². The van der Waals surface area contributed by atoms with Crippen LogP contribution in [-0.4, -0.2) is 50.0 Å². The van der Waals surface area contributed by atoms with Gasteiger partial charge in [0.2, 0.25) is 0 Å². The third kappa shape index (κ3) is 9.78. The van der Waals surface area contributed by atoms with Crippen LogP contribution in [-0.2, 0) is 0 Å². The van der Waals surface area contributed by atoms with Crippen LogP contribution in [0.25, 0.3) is 0 Å². The van der Waals surface area contributed by atoms with Crippen molar-refractivity contribution in [3.05, 3.63) is 12.3 Å². The number of aromatic nitrogens is 2. The van der Waals surface area contributed by atoms with Crippen LogP contribution >= 0.6 is 12.6 Å². The summed E-state index contributed by atoms with van der Waals surface area (Å²) in [5, 5.41) is 0. The minimum atomic E-state index is -2.84. The normalized spacial score (nSPS) is 13.4. The molecule has 33 heavy (non-hydrogen) atoms. The van der Waals surface area contributed by atoms with Gasteiger partial charge in [-0.3, -0.25) is 0 Å². The molecule has 0 aliphatic rings. The van der Waals surface area contributed by atoms with Crippen LogP contribution in [0.5, 0.6) is 0 Å². The van der Waals surface area contributed by atoms with E-state index in [-0.39, 0.29) is 0 Å². The molecule has 0 aliphatic heterocycles. The van der Waals surface area contributed by atoms with E-state index in [0.717, 1.165) is 0 Å². The second-order valence-electron chi connectivity index (χ2n) is 10.5. The van der Waals surface area contributed by atoms with Crippen molar-refractivity contribution in [3.8, 4) is 0 Å². The molecule has 5 heteroatoms. The van der Waals surface area contributed by atoms with Gasteiger partial charge in [-0.05, 0) is 0 Å². The molecule has 1 heterocycles. The molecule has 0 aromatic carbocycles. The first-order valence-electron chi connectivity index (χ1n) is 14.5. The Bertz CT molecular complexity index is 596. The van der Waals surface area contributed by atoms with Crippen molar-refractivity contribution < 1.29 is 0 Å². The van der Waals surface area contributed by atoms with Gasteiger partial charge in [0.05, 0.1) is 0 Å². The zero-order chi connectivity index (χ0) is 24.6. The van der Waals surface area contributed by atoms with Crippen LogP contribution < -0.4 is 7.55 Å². The van der Waals surface area contributed by atoms with Crippen LogP contribution in [0, 0.1) is 0 Å². The van der Waals surface area contributed by atoms with E-state index in [1.54, 1.807) is 3.71 Å². The second-order valence-corrected chi connectivity index (χ2v) is 38.3. The van der Waals surface area contributed by atoms with Crippen molar-refractivity contribution in [1.29, 1.82) is 0 Å². The summed E-state index contributed by atoms with van der Waals surface area (Å²) < 4.78 is 10.8. The van der Waals surface area contributed by atoms with Crippen LogP contribution in [0.4, 0.5) is 0 Å². The third-order valence-electron chi connectivity index (χ3n) is 7.82. The number of unbranched alkanes of at least 4 members (excludes halogenated alkanes) is 5. The Kier molecular flexibility index (Phi) is 17.8. The maximum absolute atomic E-state index is 5.71. The summed E-state index contributed by atoms with van der Waals surface area (Å²) in [6.45, 7) is 14.1. The van der Waals surface area contributed by atoms with Gasteiger partial charge in [0.15, 0.2) is 0 Å². The van der Waals surface area contributed by atoms with Gasteiger partial charge in [-0.1, -0.05) is 0 Å².